The van der Waals surface area contributed by atoms with E-state index in [2.05, 4.69) is 15.6 Å². The summed E-state index contributed by atoms with van der Waals surface area (Å²) in [5.74, 6) is -8.26. The third-order valence-electron chi connectivity index (χ3n) is 7.95. The maximum absolute atomic E-state index is 14.7. The first-order valence-corrected chi connectivity index (χ1v) is 15.2. The van der Waals surface area contributed by atoms with Crippen molar-refractivity contribution in [2.24, 2.45) is 4.99 Å². The highest BCUT2D eigenvalue weighted by Crippen LogP contribution is 2.30. The summed E-state index contributed by atoms with van der Waals surface area (Å²) in [6, 6.07) is 30.3. The number of fused-ring (bicyclic) bond motifs is 1. The number of nitrogens with zero attached hydrogens (tertiary/aromatic N) is 3. The predicted molar refractivity (Wildman–Crippen MR) is 176 cm³/mol. The Morgan fingerprint density at radius 1 is 0.816 bits per heavy atom. The molecule has 2 atom stereocenters. The number of methoxy groups -OCH3 is 1. The number of halogens is 4. The topological polar surface area (TPSA) is 95.9 Å². The summed E-state index contributed by atoms with van der Waals surface area (Å²) >= 11 is 0. The number of amides is 2. The summed E-state index contributed by atoms with van der Waals surface area (Å²) in [5.41, 5.74) is 2.34. The van der Waals surface area contributed by atoms with Crippen LogP contribution in [0.3, 0.4) is 0 Å². The van der Waals surface area contributed by atoms with E-state index < -0.39 is 53.2 Å². The van der Waals surface area contributed by atoms with E-state index in [0.29, 0.717) is 33.8 Å². The second kappa shape index (κ2) is 14.4. The number of anilines is 2. The van der Waals surface area contributed by atoms with E-state index in [1.54, 1.807) is 61.7 Å². The Kier molecular flexibility index (Phi) is 9.65. The Morgan fingerprint density at radius 2 is 1.43 bits per heavy atom. The Balaban J connectivity index is 1.41. The highest BCUT2D eigenvalue weighted by molar-refractivity contribution is 6.20. The van der Waals surface area contributed by atoms with Crippen molar-refractivity contribution in [1.29, 1.82) is 0 Å². The molecule has 2 amide bonds. The number of hydrogen-bond donors (Lipinski definition) is 2. The van der Waals surface area contributed by atoms with Gasteiger partial charge in [-0.25, -0.2) is 4.99 Å². The van der Waals surface area contributed by atoms with E-state index in [1.165, 1.54) is 4.90 Å². The Bertz CT molecular complexity index is 1980. The van der Waals surface area contributed by atoms with Crippen molar-refractivity contribution in [3.8, 4) is 5.75 Å². The molecule has 1 aliphatic rings. The van der Waals surface area contributed by atoms with Crippen molar-refractivity contribution in [3.63, 3.8) is 0 Å². The standard InChI is InChI=1S/C37H29F4N5O3/c1-49-25-18-16-23(17-19-25)21-46-28-15-9-8-14-26(28)31(24-12-6-3-7-13-24)43-35(37(46)48)45-36(47)27(20-22-10-4-2-5-11-22)42-32-29(38)33(40)44-34(41)30(32)39/h2-19,27,35H,20-21H2,1H3,(H,42,44)(H,45,47)/t27-,35+/m0/s1. The van der Waals surface area contributed by atoms with Crippen LogP contribution in [-0.4, -0.2) is 41.8 Å². The number of aromatic nitrogens is 1. The molecule has 12 heteroatoms. The van der Waals surface area contributed by atoms with Gasteiger partial charge in [0.15, 0.2) is 0 Å². The molecule has 49 heavy (non-hydrogen) atoms. The molecule has 0 aliphatic carbocycles. The number of benzene rings is 4. The quantitative estimate of drug-likeness (QED) is 0.137. The molecule has 0 spiro atoms. The van der Waals surface area contributed by atoms with E-state index in [4.69, 9.17) is 9.73 Å². The zero-order valence-electron chi connectivity index (χ0n) is 26.0. The molecule has 0 bridgehead atoms. The van der Waals surface area contributed by atoms with Gasteiger partial charge < -0.3 is 20.3 Å². The first-order valence-electron chi connectivity index (χ1n) is 15.2. The molecule has 2 heterocycles. The lowest BCUT2D eigenvalue weighted by Crippen LogP contribution is -2.51. The van der Waals surface area contributed by atoms with Gasteiger partial charge in [0.25, 0.3) is 17.8 Å². The molecule has 0 unspecified atom stereocenters. The molecule has 2 N–H and O–H groups in total. The van der Waals surface area contributed by atoms with Crippen LogP contribution >= 0.6 is 0 Å². The van der Waals surface area contributed by atoms with Gasteiger partial charge in [-0.1, -0.05) is 91.0 Å². The normalized spacial score (nSPS) is 14.7. The minimum Gasteiger partial charge on any atom is -0.497 e. The Morgan fingerprint density at radius 3 is 2.08 bits per heavy atom. The first-order chi connectivity index (χ1) is 23.7. The van der Waals surface area contributed by atoms with Crippen LogP contribution in [0.5, 0.6) is 5.75 Å². The second-order valence-electron chi connectivity index (χ2n) is 11.1. The lowest BCUT2D eigenvalue weighted by Gasteiger charge is -2.27. The van der Waals surface area contributed by atoms with Crippen LogP contribution in [0.1, 0.15) is 22.3 Å². The largest absolute Gasteiger partial charge is 0.497 e. The molecule has 1 aliphatic heterocycles. The third-order valence-corrected chi connectivity index (χ3v) is 7.95. The summed E-state index contributed by atoms with van der Waals surface area (Å²) in [7, 11) is 1.55. The maximum atomic E-state index is 14.7. The van der Waals surface area contributed by atoms with E-state index in [0.717, 1.165) is 5.56 Å². The molecule has 0 fully saturated rings. The van der Waals surface area contributed by atoms with Crippen LogP contribution in [-0.2, 0) is 22.6 Å². The van der Waals surface area contributed by atoms with E-state index in [-0.39, 0.29) is 13.0 Å². The number of rotatable bonds is 10. The van der Waals surface area contributed by atoms with Crippen molar-refractivity contribution in [1.82, 2.24) is 10.3 Å². The van der Waals surface area contributed by atoms with Crippen LogP contribution in [0.4, 0.5) is 28.9 Å². The van der Waals surface area contributed by atoms with Crippen molar-refractivity contribution in [2.75, 3.05) is 17.3 Å². The predicted octanol–water partition coefficient (Wildman–Crippen LogP) is 6.20. The van der Waals surface area contributed by atoms with Gasteiger partial charge in [0.2, 0.25) is 23.7 Å². The smallest absolute Gasteiger partial charge is 0.272 e. The molecule has 248 valence electrons. The molecule has 0 radical (unpaired) electrons. The fraction of sp³-hybridized carbons (Fsp3) is 0.135. The average Bonchev–Trinajstić information content (AvgIpc) is 3.24. The first kappa shape index (κ1) is 32.9. The Hall–Kier alpha value is -6.04. The monoisotopic (exact) mass is 667 g/mol. The number of hydrogen-bond acceptors (Lipinski definition) is 6. The van der Waals surface area contributed by atoms with E-state index in [1.807, 2.05) is 54.6 Å². The number of para-hydroxylation sites is 1. The average molecular weight is 668 g/mol. The van der Waals surface area contributed by atoms with Gasteiger partial charge >= 0.3 is 0 Å². The number of ether oxygens (including phenoxy) is 1. The zero-order chi connectivity index (χ0) is 34.5. The van der Waals surface area contributed by atoms with Gasteiger partial charge in [-0.2, -0.15) is 22.5 Å². The van der Waals surface area contributed by atoms with Gasteiger partial charge in [-0.05, 0) is 29.3 Å². The van der Waals surface area contributed by atoms with Crippen molar-refractivity contribution < 1.29 is 31.9 Å². The number of aliphatic imine (C=N–C) groups is 1. The molecule has 4 aromatic carbocycles. The molecular formula is C37H29F4N5O3. The van der Waals surface area contributed by atoms with E-state index in [9.17, 15) is 27.2 Å². The number of carbonyl (C=O) groups is 2. The lowest BCUT2D eigenvalue weighted by molar-refractivity contribution is -0.127. The summed E-state index contributed by atoms with van der Waals surface area (Å²) in [6.45, 7) is 0.0987. The molecule has 0 saturated carbocycles. The minimum atomic E-state index is -1.89. The van der Waals surface area contributed by atoms with Crippen molar-refractivity contribution >= 4 is 28.9 Å². The molecule has 8 nitrogen and oxygen atoms in total. The van der Waals surface area contributed by atoms with Gasteiger partial charge in [0, 0.05) is 17.5 Å². The third kappa shape index (κ3) is 7.13. The number of pyridine rings is 1. The van der Waals surface area contributed by atoms with Crippen LogP contribution in [0.25, 0.3) is 0 Å². The molecular weight excluding hydrogens is 638 g/mol. The van der Waals surface area contributed by atoms with Crippen LogP contribution < -0.4 is 20.3 Å². The minimum absolute atomic E-state index is 0.0987. The fourth-order valence-corrected chi connectivity index (χ4v) is 5.51. The summed E-state index contributed by atoms with van der Waals surface area (Å²) in [5, 5.41) is 4.96. The van der Waals surface area contributed by atoms with Gasteiger partial charge in [-0.15, -0.1) is 0 Å². The lowest BCUT2D eigenvalue weighted by atomic mass is 10.00. The molecule has 0 saturated heterocycles. The SMILES string of the molecule is COc1ccc(CN2C(=O)[C@@H](NC(=O)[C@H](Cc3ccccc3)Nc3c(F)c(F)nc(F)c3F)N=C(c3ccccc3)c3ccccc32)cc1. The van der Waals surface area contributed by atoms with Crippen molar-refractivity contribution in [3.05, 3.63) is 155 Å². The zero-order valence-corrected chi connectivity index (χ0v) is 26.0. The van der Waals surface area contributed by atoms with Crippen LogP contribution in [0, 0.1) is 23.5 Å². The Labute approximate surface area is 279 Å². The van der Waals surface area contributed by atoms with Crippen LogP contribution in [0.15, 0.2) is 114 Å². The summed E-state index contributed by atoms with van der Waals surface area (Å²) in [4.78, 5) is 37.3. The second-order valence-corrected chi connectivity index (χ2v) is 11.1. The van der Waals surface area contributed by atoms with Gasteiger partial charge in [0.1, 0.15) is 17.5 Å². The highest BCUT2D eigenvalue weighted by Gasteiger charge is 2.35. The maximum Gasteiger partial charge on any atom is 0.272 e. The number of carbonyl (C=O) groups excluding carboxylic acids is 2. The molecule has 5 aromatic rings. The summed E-state index contributed by atoms with van der Waals surface area (Å²) < 4.78 is 62.9. The van der Waals surface area contributed by atoms with Crippen LogP contribution in [0.2, 0.25) is 0 Å². The van der Waals surface area contributed by atoms with Gasteiger partial charge in [0.05, 0.1) is 25.1 Å². The molecule has 6 rings (SSSR count). The van der Waals surface area contributed by atoms with E-state index >= 15 is 0 Å². The number of benzodiazepines with no additional fused rings is 1. The highest BCUT2D eigenvalue weighted by atomic mass is 19.2. The van der Waals surface area contributed by atoms with Gasteiger partial charge in [-0.3, -0.25) is 9.59 Å². The molecule has 1 aromatic heterocycles. The van der Waals surface area contributed by atoms with Crippen molar-refractivity contribution in [2.45, 2.75) is 25.2 Å². The fourth-order valence-electron chi connectivity index (χ4n) is 5.51. The number of nitrogens with one attached hydrogen (secondary N) is 2. The summed E-state index contributed by atoms with van der Waals surface area (Å²) in [6.07, 6.45) is -1.70.